The van der Waals surface area contributed by atoms with Gasteiger partial charge in [-0.15, -0.1) is 0 Å². The van der Waals surface area contributed by atoms with Crippen molar-refractivity contribution in [2.24, 2.45) is 0 Å². The van der Waals surface area contributed by atoms with E-state index in [-0.39, 0.29) is 11.9 Å². The van der Waals surface area contributed by atoms with Crippen LogP contribution in [-0.4, -0.2) is 51.2 Å². The molecule has 1 aromatic carbocycles. The zero-order valence-electron chi connectivity index (χ0n) is 17.8. The second-order valence-corrected chi connectivity index (χ2v) is 7.63. The van der Waals surface area contributed by atoms with Gasteiger partial charge in [0.1, 0.15) is 18.0 Å². The molecule has 3 aromatic heterocycles. The summed E-state index contributed by atoms with van der Waals surface area (Å²) in [4.78, 5) is 19.6. The fraction of sp³-hybridized carbons (Fsp3) is 0.286. The first kappa shape index (κ1) is 22.4. The lowest BCUT2D eigenvalue weighted by atomic mass is 10.1. The Morgan fingerprint density at radius 2 is 1.82 bits per heavy atom. The molecule has 0 atom stereocenters. The van der Waals surface area contributed by atoms with E-state index >= 15 is 0 Å². The Labute approximate surface area is 192 Å². The zero-order valence-corrected chi connectivity index (χ0v) is 18.6. The zero-order chi connectivity index (χ0) is 23.2. The molecule has 0 bridgehead atoms. The lowest BCUT2D eigenvalue weighted by Gasteiger charge is -2.32. The third-order valence-electron chi connectivity index (χ3n) is 5.41. The minimum Gasteiger partial charge on any atom is -0.341 e. The van der Waals surface area contributed by atoms with Crippen LogP contribution >= 0.6 is 0 Å². The molecule has 0 aliphatic carbocycles. The summed E-state index contributed by atoms with van der Waals surface area (Å²) in [7, 11) is 0. The molecule has 1 aliphatic heterocycles. The number of aryl methyl sites for hydroxylation is 1. The number of fused-ring (bicyclic) bond motifs is 1. The number of nitrogens with zero attached hydrogens (tertiary/aromatic N) is 7. The van der Waals surface area contributed by atoms with Crippen LogP contribution in [0.15, 0.2) is 49.2 Å². The molecule has 0 spiro atoms. The normalized spacial score (nSPS) is 13.9. The summed E-state index contributed by atoms with van der Waals surface area (Å²) in [5.74, 6) is 0.990. The van der Waals surface area contributed by atoms with E-state index < -0.39 is 11.6 Å². The van der Waals surface area contributed by atoms with Crippen LogP contribution in [0.1, 0.15) is 24.4 Å². The van der Waals surface area contributed by atoms with Crippen LogP contribution in [0.4, 0.5) is 21.8 Å². The quantitative estimate of drug-likeness (QED) is 0.482. The highest BCUT2D eigenvalue weighted by Crippen LogP contribution is 2.30. The largest absolute Gasteiger partial charge is 0.341 e. The van der Waals surface area contributed by atoms with Crippen molar-refractivity contribution in [1.29, 1.82) is 0 Å². The predicted octanol–water partition coefficient (Wildman–Crippen LogP) is 2.98. The SMILES string of the molecule is Cc1ccc(Nc2ncnc3c2cnn3C2CCN(c3ncccn3)CC2)c(F)c1.O=S=O. The van der Waals surface area contributed by atoms with E-state index in [0.29, 0.717) is 11.5 Å². The molecule has 0 amide bonds. The number of halogens is 1. The number of hydrogen-bond donors (Lipinski definition) is 1. The Bertz CT molecular complexity index is 1270. The van der Waals surface area contributed by atoms with E-state index in [1.54, 1.807) is 24.7 Å². The molecule has 1 aliphatic rings. The van der Waals surface area contributed by atoms with E-state index in [4.69, 9.17) is 8.42 Å². The van der Waals surface area contributed by atoms with Gasteiger partial charge in [-0.1, -0.05) is 6.07 Å². The van der Waals surface area contributed by atoms with Crippen LogP contribution in [-0.2, 0) is 11.6 Å². The third-order valence-corrected chi connectivity index (χ3v) is 5.41. The maximum Gasteiger partial charge on any atom is 0.335 e. The fourth-order valence-electron chi connectivity index (χ4n) is 3.84. The molecule has 5 rings (SSSR count). The molecule has 0 saturated carbocycles. The fourth-order valence-corrected chi connectivity index (χ4v) is 3.84. The summed E-state index contributed by atoms with van der Waals surface area (Å²) >= 11 is -0.750. The molecule has 0 radical (unpaired) electrons. The maximum atomic E-state index is 14.3. The highest BCUT2D eigenvalue weighted by atomic mass is 32.1. The van der Waals surface area contributed by atoms with Gasteiger partial charge < -0.3 is 10.2 Å². The van der Waals surface area contributed by atoms with Crippen molar-refractivity contribution < 1.29 is 12.8 Å². The smallest absolute Gasteiger partial charge is 0.335 e. The highest BCUT2D eigenvalue weighted by Gasteiger charge is 2.25. The van der Waals surface area contributed by atoms with E-state index in [9.17, 15) is 4.39 Å². The van der Waals surface area contributed by atoms with Gasteiger partial charge in [0.05, 0.1) is 23.3 Å². The number of anilines is 3. The van der Waals surface area contributed by atoms with Crippen molar-refractivity contribution in [2.75, 3.05) is 23.3 Å². The average Bonchev–Trinajstić information content (AvgIpc) is 3.27. The average molecular weight is 469 g/mol. The molecular formula is C21H21FN8O2S. The molecule has 0 unspecified atom stereocenters. The minimum atomic E-state index is -0.750. The van der Waals surface area contributed by atoms with Crippen LogP contribution in [0.5, 0.6) is 0 Å². The third kappa shape index (κ3) is 5.00. The van der Waals surface area contributed by atoms with Crippen molar-refractivity contribution in [3.8, 4) is 0 Å². The summed E-state index contributed by atoms with van der Waals surface area (Å²) in [6.45, 7) is 3.55. The Morgan fingerprint density at radius 1 is 1.09 bits per heavy atom. The Kier molecular flexibility index (Phi) is 6.93. The first-order chi connectivity index (χ1) is 16.1. The van der Waals surface area contributed by atoms with Crippen LogP contribution in [0, 0.1) is 12.7 Å². The lowest BCUT2D eigenvalue weighted by Crippen LogP contribution is -2.36. The van der Waals surface area contributed by atoms with Crippen molar-refractivity contribution in [3.63, 3.8) is 0 Å². The maximum absolute atomic E-state index is 14.3. The highest BCUT2D eigenvalue weighted by molar-refractivity contribution is 7.51. The number of aromatic nitrogens is 6. The Hall–Kier alpha value is -3.80. The molecule has 33 heavy (non-hydrogen) atoms. The number of benzene rings is 1. The molecule has 4 aromatic rings. The second kappa shape index (κ2) is 10.2. The van der Waals surface area contributed by atoms with Crippen LogP contribution in [0.2, 0.25) is 0 Å². The second-order valence-electron chi connectivity index (χ2n) is 7.49. The van der Waals surface area contributed by atoms with E-state index in [2.05, 4.69) is 35.3 Å². The molecule has 4 heterocycles. The van der Waals surface area contributed by atoms with E-state index in [1.165, 1.54) is 12.4 Å². The van der Waals surface area contributed by atoms with Gasteiger partial charge in [-0.3, -0.25) is 0 Å². The summed E-state index contributed by atoms with van der Waals surface area (Å²) in [5, 5.41) is 8.44. The van der Waals surface area contributed by atoms with Gasteiger partial charge in [0.15, 0.2) is 5.65 Å². The first-order valence-electron chi connectivity index (χ1n) is 10.3. The molecule has 1 N–H and O–H groups in total. The molecule has 1 saturated heterocycles. The molecule has 12 heteroatoms. The van der Waals surface area contributed by atoms with E-state index in [0.717, 1.165) is 48.5 Å². The topological polar surface area (TPSA) is 119 Å². The Balaban J connectivity index is 0.000000821. The van der Waals surface area contributed by atoms with Gasteiger partial charge in [-0.2, -0.15) is 13.5 Å². The summed E-state index contributed by atoms with van der Waals surface area (Å²) < 4.78 is 32.8. The van der Waals surface area contributed by atoms with Crippen LogP contribution in [0.3, 0.4) is 0 Å². The van der Waals surface area contributed by atoms with Crippen LogP contribution in [0.25, 0.3) is 11.0 Å². The Morgan fingerprint density at radius 3 is 2.52 bits per heavy atom. The predicted molar refractivity (Wildman–Crippen MR) is 121 cm³/mol. The van der Waals surface area contributed by atoms with Crippen molar-refractivity contribution in [2.45, 2.75) is 25.8 Å². The standard InChI is InChI=1S/C21H21FN8.O2S/c1-14-3-4-18(17(22)11-14)28-19-16-12-27-30(20(16)26-13-25-19)15-5-9-29(10-6-15)21-23-7-2-8-24-21;1-3-2/h2-4,7-8,11-13,15H,5-6,9-10H2,1H3,(H,25,26,28);. The summed E-state index contributed by atoms with van der Waals surface area (Å²) in [6, 6.07) is 7.11. The minimum absolute atomic E-state index is 0.223. The number of hydrogen-bond acceptors (Lipinski definition) is 9. The van der Waals surface area contributed by atoms with Gasteiger partial charge in [0.25, 0.3) is 0 Å². The monoisotopic (exact) mass is 468 g/mol. The van der Waals surface area contributed by atoms with Gasteiger partial charge in [-0.05, 0) is 43.5 Å². The van der Waals surface area contributed by atoms with Crippen LogP contribution < -0.4 is 10.2 Å². The molecular weight excluding hydrogens is 447 g/mol. The molecule has 10 nitrogen and oxygen atoms in total. The van der Waals surface area contributed by atoms with E-state index in [1.807, 2.05) is 23.7 Å². The van der Waals surface area contributed by atoms with Gasteiger partial charge in [-0.25, -0.2) is 29.0 Å². The first-order valence-corrected chi connectivity index (χ1v) is 10.9. The van der Waals surface area contributed by atoms with Gasteiger partial charge >= 0.3 is 11.6 Å². The number of piperidine rings is 1. The molecule has 170 valence electrons. The van der Waals surface area contributed by atoms with Gasteiger partial charge in [0.2, 0.25) is 5.95 Å². The number of rotatable bonds is 4. The summed E-state index contributed by atoms with van der Waals surface area (Å²) in [6.07, 6.45) is 8.58. The lowest BCUT2D eigenvalue weighted by molar-refractivity contribution is 0.372. The van der Waals surface area contributed by atoms with Gasteiger partial charge in [0, 0.05) is 25.5 Å². The summed E-state index contributed by atoms with van der Waals surface area (Å²) in [5.41, 5.74) is 1.99. The van der Waals surface area contributed by atoms with Crippen molar-refractivity contribution in [1.82, 2.24) is 29.7 Å². The molecule has 1 fully saturated rings. The van der Waals surface area contributed by atoms with Crippen molar-refractivity contribution in [3.05, 3.63) is 60.6 Å². The number of nitrogens with one attached hydrogen (secondary N) is 1. The van der Waals surface area contributed by atoms with Crippen molar-refractivity contribution >= 4 is 40.1 Å².